The molecule has 1 rings (SSSR count). The van der Waals surface area contributed by atoms with Crippen LogP contribution in [0.1, 0.15) is 6.42 Å². The van der Waals surface area contributed by atoms with Gasteiger partial charge < -0.3 is 5.32 Å². The molecule has 8 heavy (non-hydrogen) atoms. The maximum Gasteiger partial charge on any atom is 0.287 e. The van der Waals surface area contributed by atoms with Crippen LogP contribution in [0.15, 0.2) is 0 Å². The van der Waals surface area contributed by atoms with Crippen LogP contribution >= 0.6 is 12.4 Å². The zero-order valence-electron chi connectivity index (χ0n) is 4.14. The van der Waals surface area contributed by atoms with Crippen LogP contribution in [-0.4, -0.2) is 18.2 Å². The summed E-state index contributed by atoms with van der Waals surface area (Å²) in [6.07, 6.45) is 0.374. The third kappa shape index (κ3) is 1.20. The van der Waals surface area contributed by atoms with Crippen molar-refractivity contribution in [2.24, 2.45) is 0 Å². The van der Waals surface area contributed by atoms with Crippen molar-refractivity contribution in [3.8, 4) is 0 Å². The largest absolute Gasteiger partial charge is 0.349 e. The van der Waals surface area contributed by atoms with Crippen LogP contribution in [0, 0.1) is 0 Å². The third-order valence-electron chi connectivity index (χ3n) is 0.891. The van der Waals surface area contributed by atoms with Crippen LogP contribution in [0.2, 0.25) is 0 Å². The topological polar surface area (TPSA) is 46.2 Å². The molecule has 1 heterocycles. The molecule has 0 bridgehead atoms. The molecule has 0 aromatic rings. The molecule has 0 atom stereocenters. The van der Waals surface area contributed by atoms with Crippen LogP contribution in [0.3, 0.4) is 0 Å². The van der Waals surface area contributed by atoms with E-state index in [1.54, 1.807) is 0 Å². The number of carbonyl (C=O) groups excluding carboxylic acids is 2. The SMILES string of the molecule is Cl.O=C1CCNC1=O. The first-order valence-electron chi connectivity index (χ1n) is 2.12. The van der Waals surface area contributed by atoms with Gasteiger partial charge in [0.05, 0.1) is 0 Å². The first kappa shape index (κ1) is 7.43. The highest BCUT2D eigenvalue weighted by atomic mass is 35.5. The van der Waals surface area contributed by atoms with Gasteiger partial charge in [0.2, 0.25) is 5.78 Å². The summed E-state index contributed by atoms with van der Waals surface area (Å²) in [5, 5.41) is 2.38. The molecular weight excluding hydrogens is 130 g/mol. The van der Waals surface area contributed by atoms with Gasteiger partial charge in [-0.2, -0.15) is 0 Å². The number of carbonyl (C=O) groups is 2. The first-order chi connectivity index (χ1) is 3.30. The number of ketones is 1. The van der Waals surface area contributed by atoms with E-state index in [1.807, 2.05) is 0 Å². The molecule has 4 heteroatoms. The number of nitrogens with one attached hydrogen (secondary N) is 1. The van der Waals surface area contributed by atoms with Crippen molar-refractivity contribution in [3.05, 3.63) is 0 Å². The highest BCUT2D eigenvalue weighted by Crippen LogP contribution is 1.88. The van der Waals surface area contributed by atoms with Crippen LogP contribution in [0.4, 0.5) is 0 Å². The van der Waals surface area contributed by atoms with Gasteiger partial charge in [-0.25, -0.2) is 0 Å². The summed E-state index contributed by atoms with van der Waals surface area (Å²) >= 11 is 0. The lowest BCUT2D eigenvalue weighted by atomic mass is 10.3. The predicted octanol–water partition coefficient (Wildman–Crippen LogP) is -0.503. The maximum absolute atomic E-state index is 10.2. The van der Waals surface area contributed by atoms with Gasteiger partial charge >= 0.3 is 0 Å². The van der Waals surface area contributed by atoms with Crippen LogP contribution in [-0.2, 0) is 9.59 Å². The van der Waals surface area contributed by atoms with Crippen molar-refractivity contribution >= 4 is 24.1 Å². The van der Waals surface area contributed by atoms with Gasteiger partial charge in [-0.1, -0.05) is 0 Å². The molecule has 0 unspecified atom stereocenters. The summed E-state index contributed by atoms with van der Waals surface area (Å²) in [6.45, 7) is 0.525. The normalized spacial score (nSPS) is 17.5. The molecule has 0 aliphatic carbocycles. The van der Waals surface area contributed by atoms with E-state index in [0.717, 1.165) is 0 Å². The van der Waals surface area contributed by atoms with Crippen molar-refractivity contribution in [1.82, 2.24) is 5.32 Å². The number of amides is 1. The van der Waals surface area contributed by atoms with Crippen LogP contribution < -0.4 is 5.32 Å². The van der Waals surface area contributed by atoms with Crippen molar-refractivity contribution in [1.29, 1.82) is 0 Å². The Bertz CT molecular complexity index is 109. The number of rotatable bonds is 0. The Labute approximate surface area is 52.9 Å². The van der Waals surface area contributed by atoms with E-state index in [-0.39, 0.29) is 18.2 Å². The van der Waals surface area contributed by atoms with Gasteiger partial charge in [-0.05, 0) is 0 Å². The predicted molar refractivity (Wildman–Crippen MR) is 29.9 cm³/mol. The standard InChI is InChI=1S/C4H5NO2.ClH/c6-3-1-2-5-4(3)7;/h1-2H2,(H,5,7);1H. The fraction of sp³-hybridized carbons (Fsp3) is 0.500. The van der Waals surface area contributed by atoms with Crippen LogP contribution in [0.25, 0.3) is 0 Å². The molecule has 0 saturated carbocycles. The molecule has 0 spiro atoms. The van der Waals surface area contributed by atoms with Gasteiger partial charge in [-0.3, -0.25) is 9.59 Å². The Morgan fingerprint density at radius 3 is 2.12 bits per heavy atom. The second kappa shape index (κ2) is 2.67. The van der Waals surface area contributed by atoms with E-state index in [2.05, 4.69) is 5.32 Å². The molecular formula is C4H6ClNO2. The Hall–Kier alpha value is -0.570. The fourth-order valence-electron chi connectivity index (χ4n) is 0.502. The fourth-order valence-corrected chi connectivity index (χ4v) is 0.502. The molecule has 1 saturated heterocycles. The minimum absolute atomic E-state index is 0. The lowest BCUT2D eigenvalue weighted by Gasteiger charge is -1.78. The zero-order chi connectivity index (χ0) is 5.28. The average Bonchev–Trinajstić information content (AvgIpc) is 1.91. The second-order valence-corrected chi connectivity index (χ2v) is 1.43. The second-order valence-electron chi connectivity index (χ2n) is 1.43. The van der Waals surface area contributed by atoms with Gasteiger partial charge in [0.15, 0.2) is 0 Å². The number of halogens is 1. The number of Topliss-reactive ketones (excluding diaryl/α,β-unsaturated/α-hetero) is 1. The minimum atomic E-state index is -0.431. The Kier molecular flexibility index (Phi) is 2.48. The first-order valence-corrected chi connectivity index (χ1v) is 2.12. The van der Waals surface area contributed by atoms with Crippen LogP contribution in [0.5, 0.6) is 0 Å². The Morgan fingerprint density at radius 1 is 1.38 bits per heavy atom. The Morgan fingerprint density at radius 2 is 2.00 bits per heavy atom. The summed E-state index contributed by atoms with van der Waals surface area (Å²) in [7, 11) is 0. The molecule has 0 aromatic heterocycles. The molecule has 46 valence electrons. The summed E-state index contributed by atoms with van der Waals surface area (Å²) in [5.41, 5.74) is 0. The summed E-state index contributed by atoms with van der Waals surface area (Å²) in [6, 6.07) is 0. The molecule has 1 amide bonds. The molecule has 1 aliphatic rings. The van der Waals surface area contributed by atoms with Gasteiger partial charge in [0, 0.05) is 13.0 Å². The molecule has 0 aromatic carbocycles. The molecule has 1 N–H and O–H groups in total. The monoisotopic (exact) mass is 135 g/mol. The van der Waals surface area contributed by atoms with E-state index in [4.69, 9.17) is 0 Å². The molecule has 0 radical (unpaired) electrons. The lowest BCUT2D eigenvalue weighted by molar-refractivity contribution is -0.135. The van der Waals surface area contributed by atoms with Crippen molar-refractivity contribution < 1.29 is 9.59 Å². The summed E-state index contributed by atoms with van der Waals surface area (Å²) in [4.78, 5) is 20.3. The van der Waals surface area contributed by atoms with Gasteiger partial charge in [0.1, 0.15) is 0 Å². The number of hydrogen-bond acceptors (Lipinski definition) is 2. The average molecular weight is 136 g/mol. The van der Waals surface area contributed by atoms with E-state index in [9.17, 15) is 9.59 Å². The Balaban J connectivity index is 0.000000490. The van der Waals surface area contributed by atoms with E-state index in [1.165, 1.54) is 0 Å². The van der Waals surface area contributed by atoms with E-state index < -0.39 is 5.91 Å². The highest BCUT2D eigenvalue weighted by molar-refractivity contribution is 6.37. The summed E-state index contributed by atoms with van der Waals surface area (Å²) in [5.74, 6) is -0.722. The molecule has 1 aliphatic heterocycles. The third-order valence-corrected chi connectivity index (χ3v) is 0.891. The van der Waals surface area contributed by atoms with Gasteiger partial charge in [0.25, 0.3) is 5.91 Å². The zero-order valence-corrected chi connectivity index (χ0v) is 4.96. The van der Waals surface area contributed by atoms with Crippen molar-refractivity contribution in [2.45, 2.75) is 6.42 Å². The number of hydrogen-bond donors (Lipinski definition) is 1. The highest BCUT2D eigenvalue weighted by Gasteiger charge is 2.18. The minimum Gasteiger partial charge on any atom is -0.349 e. The van der Waals surface area contributed by atoms with Crippen molar-refractivity contribution in [2.75, 3.05) is 6.54 Å². The van der Waals surface area contributed by atoms with E-state index >= 15 is 0 Å². The summed E-state index contributed by atoms with van der Waals surface area (Å²) < 4.78 is 0. The lowest BCUT2D eigenvalue weighted by Crippen LogP contribution is -2.18. The molecule has 3 nitrogen and oxygen atoms in total. The quantitative estimate of drug-likeness (QED) is 0.455. The maximum atomic E-state index is 10.2. The molecule has 1 fully saturated rings. The van der Waals surface area contributed by atoms with Gasteiger partial charge in [-0.15, -0.1) is 12.4 Å². The van der Waals surface area contributed by atoms with Crippen molar-refractivity contribution in [3.63, 3.8) is 0 Å². The smallest absolute Gasteiger partial charge is 0.287 e. The van der Waals surface area contributed by atoms with E-state index in [0.29, 0.717) is 13.0 Å².